The molecule has 2 nitrogen and oxygen atoms in total. The summed E-state index contributed by atoms with van der Waals surface area (Å²) in [5.41, 5.74) is -0.313. The van der Waals surface area contributed by atoms with Crippen LogP contribution >= 0.6 is 0 Å². The quantitative estimate of drug-likeness (QED) is 0.342. The van der Waals surface area contributed by atoms with Crippen LogP contribution in [0.15, 0.2) is 24.3 Å². The van der Waals surface area contributed by atoms with E-state index in [9.17, 15) is 48.3 Å². The molecule has 180 valence electrons. The first kappa shape index (κ1) is 27.2. The molecule has 0 heterocycles. The van der Waals surface area contributed by atoms with E-state index in [4.69, 9.17) is 4.74 Å². The number of rotatable bonds is 10. The number of hydrogen-bond donors (Lipinski definition) is 0. The van der Waals surface area contributed by atoms with E-state index in [0.29, 0.717) is 0 Å². The molecular weight excluding hydrogens is 457 g/mol. The van der Waals surface area contributed by atoms with Crippen molar-refractivity contribution in [2.24, 2.45) is 5.92 Å². The van der Waals surface area contributed by atoms with Crippen molar-refractivity contribution in [1.82, 2.24) is 0 Å². The molecule has 0 aliphatic rings. The Morgan fingerprint density at radius 1 is 0.774 bits per heavy atom. The molecule has 0 radical (unpaired) electrons. The van der Waals surface area contributed by atoms with Crippen molar-refractivity contribution in [2.45, 2.75) is 56.2 Å². The van der Waals surface area contributed by atoms with Crippen molar-refractivity contribution in [3.8, 4) is 5.75 Å². The van der Waals surface area contributed by atoms with Gasteiger partial charge < -0.3 is 9.47 Å². The first-order valence-corrected chi connectivity index (χ1v) is 8.66. The van der Waals surface area contributed by atoms with E-state index in [0.717, 1.165) is 13.2 Å². The van der Waals surface area contributed by atoms with Crippen molar-refractivity contribution in [1.29, 1.82) is 0 Å². The lowest BCUT2D eigenvalue weighted by Gasteiger charge is -2.38. The van der Waals surface area contributed by atoms with Gasteiger partial charge in [-0.3, -0.25) is 0 Å². The lowest BCUT2D eigenvalue weighted by atomic mass is 9.92. The predicted molar refractivity (Wildman–Crippen MR) is 87.0 cm³/mol. The van der Waals surface area contributed by atoms with Gasteiger partial charge in [0.05, 0.1) is 12.7 Å². The number of hydrogen-bond acceptors (Lipinski definition) is 2. The molecule has 0 aromatic heterocycles. The van der Waals surface area contributed by atoms with E-state index in [1.54, 1.807) is 13.8 Å². The van der Waals surface area contributed by atoms with E-state index in [1.807, 2.05) is 0 Å². The van der Waals surface area contributed by atoms with Gasteiger partial charge in [0, 0.05) is 19.1 Å². The molecule has 0 aliphatic carbocycles. The van der Waals surface area contributed by atoms with Gasteiger partial charge in [-0.15, -0.1) is 0 Å². The Bertz CT molecular complexity index is 729. The van der Waals surface area contributed by atoms with Gasteiger partial charge in [-0.2, -0.15) is 48.3 Å². The van der Waals surface area contributed by atoms with E-state index < -0.39 is 42.4 Å². The predicted octanol–water partition coefficient (Wildman–Crippen LogP) is 6.90. The van der Waals surface area contributed by atoms with Gasteiger partial charge in [-0.1, -0.05) is 32.0 Å². The molecule has 0 aliphatic heterocycles. The lowest BCUT2D eigenvalue weighted by Crippen LogP contribution is -2.66. The number of ether oxygens (including phenoxy) is 2. The molecule has 0 saturated carbocycles. The standard InChI is InChI=1S/C18H19F11O2/c1-10(2)9-31-12-7-5-4-6-11(12)13(30-3)8-14(19,20)15(21,22)16(23,24)17(25,26)18(27,28)29/h4-7,10,13H,8-9H2,1-3H3. The first-order chi connectivity index (χ1) is 13.8. The highest BCUT2D eigenvalue weighted by Crippen LogP contribution is 2.58. The van der Waals surface area contributed by atoms with Crippen LogP contribution in [0.5, 0.6) is 5.75 Å². The summed E-state index contributed by atoms with van der Waals surface area (Å²) in [6, 6.07) is 4.91. The third kappa shape index (κ3) is 5.17. The highest BCUT2D eigenvalue weighted by molar-refractivity contribution is 5.35. The SMILES string of the molecule is COC(CC(F)(F)C(F)(F)C(F)(F)C(F)(F)C(F)(F)F)c1ccccc1OCC(C)C. The fourth-order valence-electron chi connectivity index (χ4n) is 2.42. The van der Waals surface area contributed by atoms with Crippen LogP contribution in [-0.2, 0) is 4.74 Å². The highest BCUT2D eigenvalue weighted by Gasteiger charge is 2.87. The zero-order valence-corrected chi connectivity index (χ0v) is 16.4. The topological polar surface area (TPSA) is 18.5 Å². The molecule has 13 heteroatoms. The Hall–Kier alpha value is -1.79. The Morgan fingerprint density at radius 2 is 1.29 bits per heavy atom. The zero-order valence-electron chi connectivity index (χ0n) is 16.4. The van der Waals surface area contributed by atoms with Crippen molar-refractivity contribution < 1.29 is 57.8 Å². The van der Waals surface area contributed by atoms with Crippen LogP contribution in [0.1, 0.15) is 31.9 Å². The molecule has 1 atom stereocenters. The van der Waals surface area contributed by atoms with Crippen LogP contribution in [0.4, 0.5) is 48.3 Å². The average Bonchev–Trinajstić information content (AvgIpc) is 2.63. The van der Waals surface area contributed by atoms with Crippen molar-refractivity contribution in [3.05, 3.63) is 29.8 Å². The maximum Gasteiger partial charge on any atom is 0.460 e. The largest absolute Gasteiger partial charge is 0.493 e. The molecule has 1 aromatic carbocycles. The van der Waals surface area contributed by atoms with E-state index in [1.165, 1.54) is 18.2 Å². The summed E-state index contributed by atoms with van der Waals surface area (Å²) in [5.74, 6) is -28.2. The monoisotopic (exact) mass is 476 g/mol. The number of alkyl halides is 11. The average molecular weight is 476 g/mol. The molecule has 1 aromatic rings. The Labute approximate surface area is 170 Å². The van der Waals surface area contributed by atoms with Crippen LogP contribution < -0.4 is 4.74 Å². The number of halogens is 11. The lowest BCUT2D eigenvalue weighted by molar-refractivity contribution is -0.423. The second-order valence-corrected chi connectivity index (χ2v) is 7.10. The summed E-state index contributed by atoms with van der Waals surface area (Å²) in [4.78, 5) is 0. The van der Waals surface area contributed by atoms with Crippen molar-refractivity contribution in [3.63, 3.8) is 0 Å². The summed E-state index contributed by atoms with van der Waals surface area (Å²) in [7, 11) is 0.737. The molecule has 1 rings (SSSR count). The van der Waals surface area contributed by atoms with Gasteiger partial charge in [-0.05, 0) is 12.0 Å². The smallest absolute Gasteiger partial charge is 0.460 e. The summed E-state index contributed by atoms with van der Waals surface area (Å²) >= 11 is 0. The number of methoxy groups -OCH3 is 1. The molecule has 0 N–H and O–H groups in total. The fourth-order valence-corrected chi connectivity index (χ4v) is 2.42. The van der Waals surface area contributed by atoms with Crippen LogP contribution in [0.3, 0.4) is 0 Å². The summed E-state index contributed by atoms with van der Waals surface area (Å²) in [6.07, 6.45) is -11.6. The minimum atomic E-state index is -7.45. The van der Waals surface area contributed by atoms with Gasteiger partial charge >= 0.3 is 29.9 Å². The van der Waals surface area contributed by atoms with Gasteiger partial charge in [0.15, 0.2) is 0 Å². The van der Waals surface area contributed by atoms with Crippen LogP contribution in [0.25, 0.3) is 0 Å². The fraction of sp³-hybridized carbons (Fsp3) is 0.667. The zero-order chi connectivity index (χ0) is 24.5. The first-order valence-electron chi connectivity index (χ1n) is 8.66. The van der Waals surface area contributed by atoms with Crippen molar-refractivity contribution >= 4 is 0 Å². The van der Waals surface area contributed by atoms with Gasteiger partial charge in [-0.25, -0.2) is 0 Å². The Balaban J connectivity index is 3.33. The van der Waals surface area contributed by atoms with E-state index >= 15 is 0 Å². The van der Waals surface area contributed by atoms with E-state index in [2.05, 4.69) is 4.74 Å². The second kappa shape index (κ2) is 8.99. The number of para-hydroxylation sites is 1. The summed E-state index contributed by atoms with van der Waals surface area (Å²) in [6.45, 7) is 3.47. The molecule has 0 fully saturated rings. The van der Waals surface area contributed by atoms with Gasteiger partial charge in [0.1, 0.15) is 5.75 Å². The second-order valence-electron chi connectivity index (χ2n) is 7.10. The maximum absolute atomic E-state index is 14.1. The molecule has 0 spiro atoms. The van der Waals surface area contributed by atoms with Gasteiger partial charge in [0.25, 0.3) is 0 Å². The molecular formula is C18H19F11O2. The van der Waals surface area contributed by atoms with Crippen molar-refractivity contribution in [2.75, 3.05) is 13.7 Å². The third-order valence-corrected chi connectivity index (χ3v) is 4.17. The molecule has 0 saturated heterocycles. The van der Waals surface area contributed by atoms with Gasteiger partial charge in [0.2, 0.25) is 0 Å². The normalized spacial score (nSPS) is 15.3. The Morgan fingerprint density at radius 3 is 1.74 bits per heavy atom. The van der Waals surface area contributed by atoms with Crippen LogP contribution in [-0.4, -0.2) is 43.6 Å². The van der Waals surface area contributed by atoms with Crippen LogP contribution in [0.2, 0.25) is 0 Å². The van der Waals surface area contributed by atoms with E-state index in [-0.39, 0.29) is 23.8 Å². The molecule has 1 unspecified atom stereocenters. The minimum absolute atomic E-state index is 0.0376. The highest BCUT2D eigenvalue weighted by atomic mass is 19.4. The summed E-state index contributed by atoms with van der Waals surface area (Å²) < 4.78 is 155. The molecule has 31 heavy (non-hydrogen) atoms. The number of benzene rings is 1. The molecule has 0 bridgehead atoms. The minimum Gasteiger partial charge on any atom is -0.493 e. The third-order valence-electron chi connectivity index (χ3n) is 4.17. The summed E-state index contributed by atoms with van der Waals surface area (Å²) in [5, 5.41) is 0. The molecule has 0 amide bonds. The maximum atomic E-state index is 14.1. The van der Waals surface area contributed by atoms with Crippen LogP contribution in [0, 0.1) is 5.92 Å². The Kier molecular flexibility index (Phi) is 7.90.